The van der Waals surface area contributed by atoms with Crippen LogP contribution in [0.25, 0.3) is 0 Å². The summed E-state index contributed by atoms with van der Waals surface area (Å²) < 4.78 is 13.8. The average molecular weight is 446 g/mol. The van der Waals surface area contributed by atoms with Crippen LogP contribution in [0, 0.1) is 5.82 Å². The minimum Gasteiger partial charge on any atom is -0.324 e. The lowest BCUT2D eigenvalue weighted by Gasteiger charge is -2.20. The van der Waals surface area contributed by atoms with Crippen molar-refractivity contribution in [3.8, 4) is 0 Å². The van der Waals surface area contributed by atoms with Gasteiger partial charge in [0, 0.05) is 10.2 Å². The maximum atomic E-state index is 13.0. The summed E-state index contributed by atoms with van der Waals surface area (Å²) in [5.41, 5.74) is 0.836. The van der Waals surface area contributed by atoms with Gasteiger partial charge in [-0.2, -0.15) is 5.11 Å². The van der Waals surface area contributed by atoms with E-state index in [9.17, 15) is 18.8 Å². The Labute approximate surface area is 167 Å². The highest BCUT2D eigenvalue weighted by atomic mass is 79.9. The van der Waals surface area contributed by atoms with Gasteiger partial charge in [0.05, 0.1) is 5.69 Å². The van der Waals surface area contributed by atoms with Crippen molar-refractivity contribution in [3.05, 3.63) is 58.8 Å². The molecule has 3 amide bonds. The molecular formula is C18H13BrFN5O3. The van der Waals surface area contributed by atoms with Gasteiger partial charge < -0.3 is 5.32 Å². The normalized spacial score (nSPS) is 20.6. The van der Waals surface area contributed by atoms with Gasteiger partial charge in [-0.15, -0.1) is 0 Å². The van der Waals surface area contributed by atoms with Gasteiger partial charge in [-0.25, -0.2) is 9.29 Å². The van der Waals surface area contributed by atoms with Crippen molar-refractivity contribution in [1.82, 2.24) is 5.01 Å². The molecule has 2 aliphatic heterocycles. The summed E-state index contributed by atoms with van der Waals surface area (Å²) in [5.74, 6) is -1.86. The predicted molar refractivity (Wildman–Crippen MR) is 101 cm³/mol. The second-order valence-corrected chi connectivity index (χ2v) is 7.15. The number of fused-ring (bicyclic) bond motifs is 1. The predicted octanol–water partition coefficient (Wildman–Crippen LogP) is 2.52. The van der Waals surface area contributed by atoms with Crippen LogP contribution in [0.5, 0.6) is 0 Å². The van der Waals surface area contributed by atoms with E-state index in [-0.39, 0.29) is 6.54 Å². The van der Waals surface area contributed by atoms with Gasteiger partial charge in [0.25, 0.3) is 11.8 Å². The van der Waals surface area contributed by atoms with Crippen LogP contribution >= 0.6 is 15.9 Å². The van der Waals surface area contributed by atoms with E-state index in [1.807, 2.05) is 0 Å². The third-order valence-electron chi connectivity index (χ3n) is 4.38. The van der Waals surface area contributed by atoms with E-state index in [2.05, 4.69) is 31.6 Å². The van der Waals surface area contributed by atoms with Crippen LogP contribution in [0.2, 0.25) is 0 Å². The van der Waals surface area contributed by atoms with Crippen molar-refractivity contribution < 1.29 is 18.8 Å². The fourth-order valence-electron chi connectivity index (χ4n) is 3.08. The Morgan fingerprint density at radius 2 is 1.75 bits per heavy atom. The van der Waals surface area contributed by atoms with Crippen molar-refractivity contribution in [1.29, 1.82) is 0 Å². The van der Waals surface area contributed by atoms with Gasteiger partial charge in [0.15, 0.2) is 12.1 Å². The zero-order valence-electron chi connectivity index (χ0n) is 14.3. The van der Waals surface area contributed by atoms with E-state index in [0.29, 0.717) is 11.4 Å². The SMILES string of the molecule is O=C(CN1N=N[C@@H]2C(=O)N(c3ccc(Br)cc3)C(=O)[C@@H]21)Nc1ccc(F)cc1. The summed E-state index contributed by atoms with van der Waals surface area (Å²) in [4.78, 5) is 38.8. The van der Waals surface area contributed by atoms with E-state index in [4.69, 9.17) is 0 Å². The fraction of sp³-hybridized carbons (Fsp3) is 0.167. The fourth-order valence-corrected chi connectivity index (χ4v) is 3.34. The van der Waals surface area contributed by atoms with Gasteiger partial charge >= 0.3 is 0 Å². The second-order valence-electron chi connectivity index (χ2n) is 6.24. The third kappa shape index (κ3) is 3.26. The summed E-state index contributed by atoms with van der Waals surface area (Å²) in [6.07, 6.45) is 0. The van der Waals surface area contributed by atoms with E-state index >= 15 is 0 Å². The third-order valence-corrected chi connectivity index (χ3v) is 4.90. The van der Waals surface area contributed by atoms with Crippen LogP contribution in [-0.4, -0.2) is 41.4 Å². The van der Waals surface area contributed by atoms with Gasteiger partial charge in [-0.3, -0.25) is 19.4 Å². The smallest absolute Gasteiger partial charge is 0.263 e. The Kier molecular flexibility index (Phi) is 4.63. The van der Waals surface area contributed by atoms with Crippen LogP contribution < -0.4 is 10.2 Å². The van der Waals surface area contributed by atoms with E-state index in [1.165, 1.54) is 29.3 Å². The van der Waals surface area contributed by atoms with Crippen molar-refractivity contribution in [2.75, 3.05) is 16.8 Å². The summed E-state index contributed by atoms with van der Waals surface area (Å²) in [6.45, 7) is -0.269. The molecule has 8 nitrogen and oxygen atoms in total. The molecule has 4 rings (SSSR count). The molecule has 2 aromatic rings. The Morgan fingerprint density at radius 3 is 2.43 bits per heavy atom. The summed E-state index contributed by atoms with van der Waals surface area (Å²) in [7, 11) is 0. The highest BCUT2D eigenvalue weighted by Gasteiger charge is 2.55. The first-order valence-electron chi connectivity index (χ1n) is 8.30. The molecule has 0 radical (unpaired) electrons. The number of rotatable bonds is 4. The number of halogens is 2. The quantitative estimate of drug-likeness (QED) is 0.731. The largest absolute Gasteiger partial charge is 0.324 e. The Morgan fingerprint density at radius 1 is 1.07 bits per heavy atom. The van der Waals surface area contributed by atoms with Crippen LogP contribution in [-0.2, 0) is 14.4 Å². The topological polar surface area (TPSA) is 94.4 Å². The number of hydrogen-bond donors (Lipinski definition) is 1. The molecule has 1 saturated heterocycles. The molecule has 0 unspecified atom stereocenters. The number of imide groups is 1. The lowest BCUT2D eigenvalue weighted by atomic mass is 10.1. The molecule has 0 aliphatic carbocycles. The molecule has 28 heavy (non-hydrogen) atoms. The number of amides is 3. The number of nitrogens with zero attached hydrogens (tertiary/aromatic N) is 4. The first-order chi connectivity index (χ1) is 13.4. The lowest BCUT2D eigenvalue weighted by molar-refractivity contribution is -0.123. The molecule has 2 heterocycles. The van der Waals surface area contributed by atoms with Gasteiger partial charge in [0.1, 0.15) is 12.4 Å². The molecule has 1 fully saturated rings. The summed E-state index contributed by atoms with van der Waals surface area (Å²) >= 11 is 3.31. The average Bonchev–Trinajstić information content (AvgIpc) is 3.18. The highest BCUT2D eigenvalue weighted by molar-refractivity contribution is 9.10. The number of hydrogen-bond acceptors (Lipinski definition) is 6. The van der Waals surface area contributed by atoms with Crippen molar-refractivity contribution in [3.63, 3.8) is 0 Å². The minimum absolute atomic E-state index is 0.269. The number of nitrogens with one attached hydrogen (secondary N) is 1. The molecule has 2 atom stereocenters. The van der Waals surface area contributed by atoms with Crippen LogP contribution in [0.4, 0.5) is 15.8 Å². The van der Waals surface area contributed by atoms with Gasteiger partial charge in [-0.1, -0.05) is 21.2 Å². The van der Waals surface area contributed by atoms with E-state index < -0.39 is 35.6 Å². The number of carbonyl (C=O) groups excluding carboxylic acids is 3. The van der Waals surface area contributed by atoms with Crippen molar-refractivity contribution in [2.45, 2.75) is 12.1 Å². The highest BCUT2D eigenvalue weighted by Crippen LogP contribution is 2.32. The summed E-state index contributed by atoms with van der Waals surface area (Å²) in [6, 6.07) is 10.1. The molecule has 2 aliphatic rings. The molecule has 0 saturated carbocycles. The molecule has 0 spiro atoms. The van der Waals surface area contributed by atoms with Crippen molar-refractivity contribution in [2.24, 2.45) is 10.3 Å². The van der Waals surface area contributed by atoms with Crippen LogP contribution in [0.3, 0.4) is 0 Å². The Bertz CT molecular complexity index is 980. The van der Waals surface area contributed by atoms with Crippen LogP contribution in [0.15, 0.2) is 63.3 Å². The van der Waals surface area contributed by atoms with Gasteiger partial charge in [0.2, 0.25) is 5.91 Å². The maximum absolute atomic E-state index is 13.0. The Hall–Kier alpha value is -3.14. The number of anilines is 2. The standard InChI is InChI=1S/C18H13BrFN5O3/c19-10-1-7-13(8-2-10)25-17(27)15-16(18(25)28)24(23-22-15)9-14(26)21-12-5-3-11(20)4-6-12/h1-8,15-16H,9H2,(H,21,26)/t15-,16+/m0/s1. The summed E-state index contributed by atoms with van der Waals surface area (Å²) in [5, 5.41) is 11.5. The molecule has 1 N–H and O–H groups in total. The zero-order valence-corrected chi connectivity index (χ0v) is 15.8. The molecule has 0 bridgehead atoms. The molecule has 0 aromatic heterocycles. The first-order valence-corrected chi connectivity index (χ1v) is 9.09. The number of benzene rings is 2. The zero-order chi connectivity index (χ0) is 19.8. The number of carbonyl (C=O) groups is 3. The molecule has 2 aromatic carbocycles. The Balaban J connectivity index is 1.48. The maximum Gasteiger partial charge on any atom is 0.263 e. The van der Waals surface area contributed by atoms with E-state index in [0.717, 1.165) is 9.37 Å². The lowest BCUT2D eigenvalue weighted by Crippen LogP contribution is -2.43. The monoisotopic (exact) mass is 445 g/mol. The minimum atomic E-state index is -0.977. The first kappa shape index (κ1) is 18.2. The molecular weight excluding hydrogens is 433 g/mol. The molecule has 10 heteroatoms. The van der Waals surface area contributed by atoms with E-state index in [1.54, 1.807) is 24.3 Å². The van der Waals surface area contributed by atoms with Crippen LogP contribution in [0.1, 0.15) is 0 Å². The van der Waals surface area contributed by atoms with Crippen molar-refractivity contribution >= 4 is 45.0 Å². The second kappa shape index (κ2) is 7.12. The molecule has 142 valence electrons. The van der Waals surface area contributed by atoms with Gasteiger partial charge in [-0.05, 0) is 48.5 Å².